The maximum absolute atomic E-state index is 3.28. The molecule has 0 aliphatic carbocycles. The minimum atomic E-state index is 0.430. The van der Waals surface area contributed by atoms with E-state index in [1.165, 1.54) is 12.1 Å². The maximum Gasteiger partial charge on any atom is 0.0443 e. The molecule has 1 aromatic rings. The maximum atomic E-state index is 3.28. The fourth-order valence-corrected chi connectivity index (χ4v) is 1.73. The number of hydrogen-bond acceptors (Lipinski definition) is 2. The normalized spacial score (nSPS) is 13.4. The van der Waals surface area contributed by atoms with Crippen molar-refractivity contribution in [2.75, 3.05) is 27.7 Å². The first-order chi connectivity index (χ1) is 7.15. The molecule has 1 atom stereocenters. The Labute approximate surface area is 93.1 Å². The zero-order valence-electron chi connectivity index (χ0n) is 10.3. The van der Waals surface area contributed by atoms with Gasteiger partial charge in [0.05, 0.1) is 0 Å². The van der Waals surface area contributed by atoms with Gasteiger partial charge in [0, 0.05) is 24.5 Å². The van der Waals surface area contributed by atoms with Crippen LogP contribution in [0.15, 0.2) is 18.3 Å². The monoisotopic (exact) mass is 209 g/mol. The van der Waals surface area contributed by atoms with Crippen LogP contribution < -0.4 is 5.32 Å². The first kappa shape index (κ1) is 12.3. The molecule has 86 valence electrons. The standard InChI is InChI=1S/C12H23N3/c1-11(13-2)12-7-5-9-15(12)10-6-8-14(3)4/h5,7,9,11,13H,6,8,10H2,1-4H3. The molecule has 3 heteroatoms. The third kappa shape index (κ3) is 3.68. The molecule has 0 aromatic carbocycles. The van der Waals surface area contributed by atoms with Gasteiger partial charge in [0.15, 0.2) is 0 Å². The molecule has 0 bridgehead atoms. The molecule has 1 heterocycles. The van der Waals surface area contributed by atoms with Crippen molar-refractivity contribution in [3.05, 3.63) is 24.0 Å². The van der Waals surface area contributed by atoms with Crippen LogP contribution in [0.3, 0.4) is 0 Å². The van der Waals surface area contributed by atoms with Crippen LogP contribution in [0.25, 0.3) is 0 Å². The highest BCUT2D eigenvalue weighted by Gasteiger charge is 2.06. The predicted molar refractivity (Wildman–Crippen MR) is 65.1 cm³/mol. The third-order valence-electron chi connectivity index (χ3n) is 2.75. The molecule has 0 fully saturated rings. The van der Waals surface area contributed by atoms with Gasteiger partial charge in [-0.15, -0.1) is 0 Å². The highest BCUT2D eigenvalue weighted by molar-refractivity contribution is 5.11. The van der Waals surface area contributed by atoms with E-state index in [1.807, 2.05) is 7.05 Å². The molecule has 1 N–H and O–H groups in total. The molecule has 1 unspecified atom stereocenters. The van der Waals surface area contributed by atoms with Gasteiger partial charge in [0.25, 0.3) is 0 Å². The Morgan fingerprint density at radius 3 is 2.80 bits per heavy atom. The van der Waals surface area contributed by atoms with Gasteiger partial charge >= 0.3 is 0 Å². The second-order valence-electron chi connectivity index (χ2n) is 4.29. The van der Waals surface area contributed by atoms with E-state index in [4.69, 9.17) is 0 Å². The molecule has 0 amide bonds. The lowest BCUT2D eigenvalue weighted by Gasteiger charge is -2.16. The lowest BCUT2D eigenvalue weighted by Crippen LogP contribution is -2.19. The number of rotatable bonds is 6. The van der Waals surface area contributed by atoms with Crippen molar-refractivity contribution in [3.63, 3.8) is 0 Å². The van der Waals surface area contributed by atoms with Gasteiger partial charge in [-0.25, -0.2) is 0 Å². The highest BCUT2D eigenvalue weighted by Crippen LogP contribution is 2.13. The SMILES string of the molecule is CNC(C)c1cccn1CCCN(C)C. The van der Waals surface area contributed by atoms with E-state index in [0.29, 0.717) is 6.04 Å². The van der Waals surface area contributed by atoms with Crippen LogP contribution in [0.5, 0.6) is 0 Å². The Morgan fingerprint density at radius 1 is 1.47 bits per heavy atom. The predicted octanol–water partition coefficient (Wildman–Crippen LogP) is 1.72. The van der Waals surface area contributed by atoms with Crippen LogP contribution in [0.4, 0.5) is 0 Å². The van der Waals surface area contributed by atoms with Crippen LogP contribution in [0.1, 0.15) is 25.1 Å². The smallest absolute Gasteiger partial charge is 0.0443 e. The van der Waals surface area contributed by atoms with Gasteiger partial charge in [-0.1, -0.05) is 0 Å². The Bertz CT molecular complexity index is 278. The summed E-state index contributed by atoms with van der Waals surface area (Å²) in [7, 11) is 6.24. The van der Waals surface area contributed by atoms with Gasteiger partial charge in [0.2, 0.25) is 0 Å². The van der Waals surface area contributed by atoms with E-state index in [1.54, 1.807) is 0 Å². The van der Waals surface area contributed by atoms with Crippen molar-refractivity contribution >= 4 is 0 Å². The lowest BCUT2D eigenvalue weighted by molar-refractivity contribution is 0.383. The summed E-state index contributed by atoms with van der Waals surface area (Å²) in [6, 6.07) is 4.75. The molecule has 15 heavy (non-hydrogen) atoms. The summed E-state index contributed by atoms with van der Waals surface area (Å²) in [5, 5.41) is 3.28. The third-order valence-corrected chi connectivity index (χ3v) is 2.75. The van der Waals surface area contributed by atoms with Crippen LogP contribution in [-0.4, -0.2) is 37.2 Å². The van der Waals surface area contributed by atoms with Crippen LogP contribution in [-0.2, 0) is 6.54 Å². The number of aromatic nitrogens is 1. The van der Waals surface area contributed by atoms with Gasteiger partial charge < -0.3 is 14.8 Å². The van der Waals surface area contributed by atoms with Gasteiger partial charge in [-0.3, -0.25) is 0 Å². The summed E-state index contributed by atoms with van der Waals surface area (Å²) in [4.78, 5) is 2.23. The first-order valence-electron chi connectivity index (χ1n) is 5.62. The van der Waals surface area contributed by atoms with Crippen molar-refractivity contribution in [1.29, 1.82) is 0 Å². The average molecular weight is 209 g/mol. The average Bonchev–Trinajstić information content (AvgIpc) is 2.64. The molecule has 1 aromatic heterocycles. The molecular weight excluding hydrogens is 186 g/mol. The Morgan fingerprint density at radius 2 is 2.20 bits per heavy atom. The molecule has 0 radical (unpaired) electrons. The summed E-state index contributed by atoms with van der Waals surface area (Å²) in [5.74, 6) is 0. The minimum Gasteiger partial charge on any atom is -0.350 e. The van der Waals surface area contributed by atoms with E-state index in [0.717, 1.165) is 13.1 Å². The van der Waals surface area contributed by atoms with E-state index in [2.05, 4.69) is 54.1 Å². The number of nitrogens with zero attached hydrogens (tertiary/aromatic N) is 2. The van der Waals surface area contributed by atoms with Crippen molar-refractivity contribution in [1.82, 2.24) is 14.8 Å². The van der Waals surface area contributed by atoms with Crippen molar-refractivity contribution in [2.24, 2.45) is 0 Å². The second-order valence-corrected chi connectivity index (χ2v) is 4.29. The fourth-order valence-electron chi connectivity index (χ4n) is 1.73. The zero-order valence-corrected chi connectivity index (χ0v) is 10.3. The van der Waals surface area contributed by atoms with Crippen LogP contribution in [0.2, 0.25) is 0 Å². The Balaban J connectivity index is 2.50. The minimum absolute atomic E-state index is 0.430. The second kappa shape index (κ2) is 5.93. The lowest BCUT2D eigenvalue weighted by atomic mass is 10.2. The largest absolute Gasteiger partial charge is 0.350 e. The first-order valence-corrected chi connectivity index (χ1v) is 5.62. The van der Waals surface area contributed by atoms with E-state index < -0.39 is 0 Å². The number of nitrogens with one attached hydrogen (secondary N) is 1. The molecule has 0 spiro atoms. The summed E-state index contributed by atoms with van der Waals surface area (Å²) in [6.45, 7) is 4.44. The molecule has 0 aliphatic heterocycles. The zero-order chi connectivity index (χ0) is 11.3. The summed E-state index contributed by atoms with van der Waals surface area (Å²) >= 11 is 0. The van der Waals surface area contributed by atoms with Crippen LogP contribution in [0, 0.1) is 0 Å². The van der Waals surface area contributed by atoms with E-state index in [9.17, 15) is 0 Å². The number of hydrogen-bond donors (Lipinski definition) is 1. The highest BCUT2D eigenvalue weighted by atomic mass is 15.1. The van der Waals surface area contributed by atoms with Crippen LogP contribution >= 0.6 is 0 Å². The Kier molecular flexibility index (Phi) is 4.85. The summed E-state index contributed by atoms with van der Waals surface area (Å²) in [5.41, 5.74) is 1.37. The van der Waals surface area contributed by atoms with E-state index in [-0.39, 0.29) is 0 Å². The van der Waals surface area contributed by atoms with E-state index >= 15 is 0 Å². The Hall–Kier alpha value is -0.800. The van der Waals surface area contributed by atoms with Crippen molar-refractivity contribution < 1.29 is 0 Å². The molecule has 0 saturated heterocycles. The number of aryl methyl sites for hydroxylation is 1. The molecule has 0 aliphatic rings. The van der Waals surface area contributed by atoms with Gasteiger partial charge in [-0.05, 0) is 53.2 Å². The summed E-state index contributed by atoms with van der Waals surface area (Å²) < 4.78 is 2.34. The summed E-state index contributed by atoms with van der Waals surface area (Å²) in [6.07, 6.45) is 3.37. The molecular formula is C12H23N3. The van der Waals surface area contributed by atoms with Gasteiger partial charge in [0.1, 0.15) is 0 Å². The quantitative estimate of drug-likeness (QED) is 0.770. The topological polar surface area (TPSA) is 20.2 Å². The van der Waals surface area contributed by atoms with Gasteiger partial charge in [-0.2, -0.15) is 0 Å². The molecule has 3 nitrogen and oxygen atoms in total. The molecule has 1 rings (SSSR count). The van der Waals surface area contributed by atoms with Crippen molar-refractivity contribution in [2.45, 2.75) is 25.9 Å². The fraction of sp³-hybridized carbons (Fsp3) is 0.667. The molecule has 0 saturated carbocycles. The van der Waals surface area contributed by atoms with Crippen molar-refractivity contribution in [3.8, 4) is 0 Å².